The van der Waals surface area contributed by atoms with Crippen LogP contribution in [-0.4, -0.2) is 37.0 Å². The molecule has 0 fully saturated rings. The van der Waals surface area contributed by atoms with Crippen LogP contribution in [0.5, 0.6) is 5.75 Å². The summed E-state index contributed by atoms with van der Waals surface area (Å²) in [6, 6.07) is 5.32. The van der Waals surface area contributed by atoms with Gasteiger partial charge in [-0.05, 0) is 36.6 Å². The fraction of sp³-hybridized carbons (Fsp3) is 0.533. The van der Waals surface area contributed by atoms with Crippen molar-refractivity contribution in [3.05, 3.63) is 30.1 Å². The van der Waals surface area contributed by atoms with Crippen molar-refractivity contribution in [1.82, 2.24) is 4.90 Å². The van der Waals surface area contributed by atoms with E-state index in [0.29, 0.717) is 31.2 Å². The molecule has 20 heavy (non-hydrogen) atoms. The Labute approximate surface area is 119 Å². The van der Waals surface area contributed by atoms with Crippen LogP contribution >= 0.6 is 0 Å². The molecule has 4 nitrogen and oxygen atoms in total. The van der Waals surface area contributed by atoms with Crippen LogP contribution in [-0.2, 0) is 4.79 Å². The van der Waals surface area contributed by atoms with E-state index in [9.17, 15) is 9.18 Å². The number of nitrogens with zero attached hydrogens (tertiary/aromatic N) is 1. The largest absolute Gasteiger partial charge is 0.492 e. The number of ether oxygens (including phenoxy) is 1. The van der Waals surface area contributed by atoms with Gasteiger partial charge in [0.1, 0.15) is 18.2 Å². The monoisotopic (exact) mass is 282 g/mol. The molecule has 0 saturated carbocycles. The number of hydrogen-bond acceptors (Lipinski definition) is 3. The minimum atomic E-state index is -0.467. The van der Waals surface area contributed by atoms with Crippen LogP contribution in [0.25, 0.3) is 0 Å². The highest BCUT2D eigenvalue weighted by Crippen LogP contribution is 2.11. The Morgan fingerprint density at radius 2 is 1.95 bits per heavy atom. The van der Waals surface area contributed by atoms with E-state index in [1.807, 2.05) is 13.8 Å². The molecule has 1 rings (SSSR count). The standard InChI is InChI=1S/C15H23FN2O2/c1-11(2)10-14(17)15(19)18(3)8-9-20-13-6-4-12(16)5-7-13/h4-7,11,14H,8-10,17H2,1-3H3. The summed E-state index contributed by atoms with van der Waals surface area (Å²) in [6.45, 7) is 4.86. The summed E-state index contributed by atoms with van der Waals surface area (Å²) in [4.78, 5) is 13.5. The lowest BCUT2D eigenvalue weighted by atomic mass is 10.0. The number of benzene rings is 1. The minimum absolute atomic E-state index is 0.0820. The van der Waals surface area contributed by atoms with Crippen LogP contribution in [0.4, 0.5) is 4.39 Å². The van der Waals surface area contributed by atoms with Crippen molar-refractivity contribution in [3.63, 3.8) is 0 Å². The third-order valence-electron chi connectivity index (χ3n) is 2.93. The van der Waals surface area contributed by atoms with Crippen LogP contribution in [0.3, 0.4) is 0 Å². The number of carbonyl (C=O) groups excluding carboxylic acids is 1. The maximum absolute atomic E-state index is 12.7. The molecule has 1 unspecified atom stereocenters. The van der Waals surface area contributed by atoms with Gasteiger partial charge in [0.15, 0.2) is 0 Å². The smallest absolute Gasteiger partial charge is 0.239 e. The van der Waals surface area contributed by atoms with Crippen molar-refractivity contribution in [3.8, 4) is 5.75 Å². The molecule has 1 aromatic carbocycles. The molecule has 0 saturated heterocycles. The molecule has 1 aromatic rings. The SMILES string of the molecule is CC(C)CC(N)C(=O)N(C)CCOc1ccc(F)cc1. The summed E-state index contributed by atoms with van der Waals surface area (Å²) >= 11 is 0. The molecular weight excluding hydrogens is 259 g/mol. The van der Waals surface area contributed by atoms with E-state index in [1.54, 1.807) is 24.1 Å². The molecule has 112 valence electrons. The first kappa shape index (κ1) is 16.4. The van der Waals surface area contributed by atoms with Gasteiger partial charge in [-0.2, -0.15) is 0 Å². The summed E-state index contributed by atoms with van der Waals surface area (Å²) in [5.74, 6) is 0.585. The quantitative estimate of drug-likeness (QED) is 0.832. The molecule has 0 heterocycles. The highest BCUT2D eigenvalue weighted by Gasteiger charge is 2.18. The number of halogens is 1. The first-order chi connectivity index (χ1) is 9.40. The topological polar surface area (TPSA) is 55.6 Å². The fourth-order valence-electron chi connectivity index (χ4n) is 1.83. The van der Waals surface area contributed by atoms with E-state index >= 15 is 0 Å². The third-order valence-corrected chi connectivity index (χ3v) is 2.93. The number of nitrogens with two attached hydrogens (primary N) is 1. The van der Waals surface area contributed by atoms with Crippen molar-refractivity contribution < 1.29 is 13.9 Å². The highest BCUT2D eigenvalue weighted by molar-refractivity contribution is 5.81. The van der Waals surface area contributed by atoms with Gasteiger partial charge in [0, 0.05) is 7.05 Å². The van der Waals surface area contributed by atoms with Crippen LogP contribution in [0.1, 0.15) is 20.3 Å². The molecule has 0 aromatic heterocycles. The number of hydrogen-bond donors (Lipinski definition) is 1. The summed E-state index contributed by atoms with van der Waals surface area (Å²) in [7, 11) is 1.70. The van der Waals surface area contributed by atoms with Crippen LogP contribution in [0.2, 0.25) is 0 Å². The van der Waals surface area contributed by atoms with Gasteiger partial charge in [-0.15, -0.1) is 0 Å². The number of amides is 1. The molecular formula is C15H23FN2O2. The van der Waals surface area contributed by atoms with Gasteiger partial charge in [0.25, 0.3) is 0 Å². The second kappa shape index (κ2) is 7.85. The molecule has 0 aliphatic carbocycles. The Morgan fingerprint density at radius 3 is 2.50 bits per heavy atom. The molecule has 5 heteroatoms. The average Bonchev–Trinajstić information content (AvgIpc) is 2.39. The number of carbonyl (C=O) groups is 1. The van der Waals surface area contributed by atoms with E-state index in [2.05, 4.69) is 0 Å². The third kappa shape index (κ3) is 5.57. The lowest BCUT2D eigenvalue weighted by Gasteiger charge is -2.22. The van der Waals surface area contributed by atoms with E-state index in [0.717, 1.165) is 0 Å². The Morgan fingerprint density at radius 1 is 1.35 bits per heavy atom. The van der Waals surface area contributed by atoms with Crippen LogP contribution < -0.4 is 10.5 Å². The maximum atomic E-state index is 12.7. The maximum Gasteiger partial charge on any atom is 0.239 e. The van der Waals surface area contributed by atoms with Crippen molar-refractivity contribution in [2.24, 2.45) is 11.7 Å². The summed E-state index contributed by atoms with van der Waals surface area (Å²) in [5.41, 5.74) is 5.84. The zero-order valence-electron chi connectivity index (χ0n) is 12.3. The molecule has 0 aliphatic heterocycles. The van der Waals surface area contributed by atoms with E-state index < -0.39 is 6.04 Å². The Hall–Kier alpha value is -1.62. The molecule has 2 N–H and O–H groups in total. The van der Waals surface area contributed by atoms with Crippen LogP contribution in [0, 0.1) is 11.7 Å². The van der Waals surface area contributed by atoms with Crippen molar-refractivity contribution in [2.75, 3.05) is 20.2 Å². The predicted molar refractivity (Wildman–Crippen MR) is 77.0 cm³/mol. The highest BCUT2D eigenvalue weighted by atomic mass is 19.1. The molecule has 0 bridgehead atoms. The molecule has 1 atom stereocenters. The number of likely N-dealkylation sites (N-methyl/N-ethyl adjacent to an activating group) is 1. The van der Waals surface area contributed by atoms with Crippen molar-refractivity contribution in [1.29, 1.82) is 0 Å². The summed E-state index contributed by atoms with van der Waals surface area (Å²) < 4.78 is 18.2. The first-order valence-electron chi connectivity index (χ1n) is 6.79. The minimum Gasteiger partial charge on any atom is -0.492 e. The van der Waals surface area contributed by atoms with Gasteiger partial charge < -0.3 is 15.4 Å². The molecule has 0 radical (unpaired) electrons. The van der Waals surface area contributed by atoms with Gasteiger partial charge in [-0.25, -0.2) is 4.39 Å². The van der Waals surface area contributed by atoms with E-state index in [1.165, 1.54) is 12.1 Å². The normalized spacial score (nSPS) is 12.3. The lowest BCUT2D eigenvalue weighted by molar-refractivity contribution is -0.131. The Balaban J connectivity index is 2.33. The summed E-state index contributed by atoms with van der Waals surface area (Å²) in [5, 5.41) is 0. The second-order valence-corrected chi connectivity index (χ2v) is 5.30. The zero-order chi connectivity index (χ0) is 15.1. The summed E-state index contributed by atoms with van der Waals surface area (Å²) in [6.07, 6.45) is 0.669. The van der Waals surface area contributed by atoms with Gasteiger partial charge in [0.05, 0.1) is 12.6 Å². The van der Waals surface area contributed by atoms with Crippen molar-refractivity contribution in [2.45, 2.75) is 26.3 Å². The number of rotatable bonds is 7. The van der Waals surface area contributed by atoms with E-state index in [-0.39, 0.29) is 11.7 Å². The molecule has 1 amide bonds. The first-order valence-corrected chi connectivity index (χ1v) is 6.79. The lowest BCUT2D eigenvalue weighted by Crippen LogP contribution is -2.43. The van der Waals surface area contributed by atoms with E-state index in [4.69, 9.17) is 10.5 Å². The average molecular weight is 282 g/mol. The second-order valence-electron chi connectivity index (χ2n) is 5.30. The van der Waals surface area contributed by atoms with Gasteiger partial charge in [-0.1, -0.05) is 13.8 Å². The predicted octanol–water partition coefficient (Wildman–Crippen LogP) is 2.04. The van der Waals surface area contributed by atoms with Gasteiger partial charge in [0.2, 0.25) is 5.91 Å². The molecule has 0 aliphatic rings. The van der Waals surface area contributed by atoms with Crippen LogP contribution in [0.15, 0.2) is 24.3 Å². The Kier molecular flexibility index (Phi) is 6.45. The van der Waals surface area contributed by atoms with Gasteiger partial charge >= 0.3 is 0 Å². The van der Waals surface area contributed by atoms with Gasteiger partial charge in [-0.3, -0.25) is 4.79 Å². The molecule has 0 spiro atoms. The Bertz CT molecular complexity index is 420. The zero-order valence-corrected chi connectivity index (χ0v) is 12.3. The fourth-order valence-corrected chi connectivity index (χ4v) is 1.83. The van der Waals surface area contributed by atoms with Crippen molar-refractivity contribution >= 4 is 5.91 Å².